The molecule has 0 bridgehead atoms. The van der Waals surface area contributed by atoms with Gasteiger partial charge in [0.25, 0.3) is 0 Å². The van der Waals surface area contributed by atoms with Gasteiger partial charge in [-0.3, -0.25) is 9.20 Å². The van der Waals surface area contributed by atoms with Crippen molar-refractivity contribution in [2.75, 3.05) is 26.5 Å². The molecular weight excluding hydrogens is 346 g/mol. The van der Waals surface area contributed by atoms with Gasteiger partial charge < -0.3 is 15.4 Å². The van der Waals surface area contributed by atoms with Crippen molar-refractivity contribution in [2.45, 2.75) is 24.8 Å². The highest BCUT2D eigenvalue weighted by atomic mass is 32.2. The molecule has 6 heteroatoms. The number of methoxy groups -OCH3 is 1. The monoisotopic (exact) mass is 373 g/mol. The molecule has 0 heterocycles. The van der Waals surface area contributed by atoms with E-state index in [0.717, 1.165) is 16.2 Å². The molecule has 2 atom stereocenters. The number of aryl methyl sites for hydroxylation is 1. The van der Waals surface area contributed by atoms with E-state index in [1.807, 2.05) is 42.5 Å². The third kappa shape index (κ3) is 5.59. The van der Waals surface area contributed by atoms with Crippen LogP contribution in [0.25, 0.3) is 0 Å². The second-order valence-electron chi connectivity index (χ2n) is 5.97. The summed E-state index contributed by atoms with van der Waals surface area (Å²) >= 11 is 0. The number of aliphatic imine (C=N–C) groups is 1. The van der Waals surface area contributed by atoms with E-state index in [1.165, 1.54) is 5.56 Å². The summed E-state index contributed by atoms with van der Waals surface area (Å²) in [5.74, 6) is 2.04. The first-order chi connectivity index (χ1) is 12.5. The van der Waals surface area contributed by atoms with Gasteiger partial charge in [-0.05, 0) is 32.0 Å². The van der Waals surface area contributed by atoms with E-state index in [0.29, 0.717) is 18.3 Å². The first kappa shape index (κ1) is 20.0. The lowest BCUT2D eigenvalue weighted by molar-refractivity contribution is 0.405. The van der Waals surface area contributed by atoms with Crippen molar-refractivity contribution < 1.29 is 8.95 Å². The molecule has 2 N–H and O–H groups in total. The van der Waals surface area contributed by atoms with Crippen LogP contribution in [0.4, 0.5) is 0 Å². The van der Waals surface area contributed by atoms with Crippen LogP contribution in [-0.4, -0.2) is 36.6 Å². The van der Waals surface area contributed by atoms with Gasteiger partial charge >= 0.3 is 0 Å². The minimum Gasteiger partial charge on any atom is -0.496 e. The Labute approximate surface area is 158 Å². The third-order valence-electron chi connectivity index (χ3n) is 4.01. The van der Waals surface area contributed by atoms with Crippen LogP contribution < -0.4 is 15.4 Å². The Hall–Kier alpha value is -2.34. The zero-order valence-electron chi connectivity index (χ0n) is 15.8. The predicted molar refractivity (Wildman–Crippen MR) is 108 cm³/mol. The molecular formula is C20H27N3O2S. The summed E-state index contributed by atoms with van der Waals surface area (Å²) in [4.78, 5) is 5.10. The van der Waals surface area contributed by atoms with Crippen LogP contribution in [-0.2, 0) is 10.8 Å². The summed E-state index contributed by atoms with van der Waals surface area (Å²) in [6, 6.07) is 15.6. The number of nitrogens with zero attached hydrogens (tertiary/aromatic N) is 1. The number of benzene rings is 2. The van der Waals surface area contributed by atoms with Crippen molar-refractivity contribution in [1.82, 2.24) is 10.6 Å². The zero-order valence-corrected chi connectivity index (χ0v) is 16.6. The third-order valence-corrected chi connectivity index (χ3v) is 5.39. The summed E-state index contributed by atoms with van der Waals surface area (Å²) < 4.78 is 17.7. The maximum absolute atomic E-state index is 12.3. The van der Waals surface area contributed by atoms with Gasteiger partial charge in [0.15, 0.2) is 5.96 Å². The van der Waals surface area contributed by atoms with E-state index < -0.39 is 10.8 Å². The lowest BCUT2D eigenvalue weighted by Crippen LogP contribution is -2.40. The summed E-state index contributed by atoms with van der Waals surface area (Å²) in [7, 11) is 2.38. The Morgan fingerprint density at radius 1 is 1.23 bits per heavy atom. The number of nitrogens with one attached hydrogen (secondary N) is 2. The fraction of sp³-hybridized carbons (Fsp3) is 0.350. The molecule has 140 valence electrons. The van der Waals surface area contributed by atoms with Crippen molar-refractivity contribution in [2.24, 2.45) is 4.99 Å². The van der Waals surface area contributed by atoms with Gasteiger partial charge in [-0.1, -0.05) is 35.9 Å². The van der Waals surface area contributed by atoms with Crippen molar-refractivity contribution >= 4 is 16.8 Å². The summed E-state index contributed by atoms with van der Waals surface area (Å²) in [6.45, 7) is 4.69. The molecule has 5 nitrogen and oxygen atoms in total. The van der Waals surface area contributed by atoms with Crippen molar-refractivity contribution in [3.8, 4) is 5.75 Å². The molecule has 2 aromatic carbocycles. The van der Waals surface area contributed by atoms with E-state index in [9.17, 15) is 4.21 Å². The molecule has 0 aromatic heterocycles. The molecule has 0 radical (unpaired) electrons. The van der Waals surface area contributed by atoms with Gasteiger partial charge in [0.05, 0.1) is 24.0 Å². The van der Waals surface area contributed by atoms with Gasteiger partial charge in [0.1, 0.15) is 5.75 Å². The van der Waals surface area contributed by atoms with Crippen LogP contribution in [0.1, 0.15) is 24.1 Å². The summed E-state index contributed by atoms with van der Waals surface area (Å²) in [5.41, 5.74) is 2.25. The SMILES string of the molecule is CN=C(NCCS(=O)c1ccccc1)NC(C)c1cc(C)ccc1OC. The Bertz CT molecular complexity index is 763. The van der Waals surface area contributed by atoms with Gasteiger partial charge in [0.2, 0.25) is 0 Å². The first-order valence-corrected chi connectivity index (χ1v) is 9.92. The minimum atomic E-state index is -1.02. The molecule has 0 aliphatic carbocycles. The standard InChI is InChI=1S/C20H27N3O2S/c1-15-10-11-19(25-4)18(14-15)16(2)23-20(21-3)22-12-13-26(24)17-8-6-5-7-9-17/h5-11,14,16H,12-13H2,1-4H3,(H2,21,22,23). The number of rotatable bonds is 7. The van der Waals surface area contributed by atoms with Crippen LogP contribution in [0.3, 0.4) is 0 Å². The largest absolute Gasteiger partial charge is 0.496 e. The normalized spacial score (nSPS) is 13.8. The quantitative estimate of drug-likeness (QED) is 0.578. The summed E-state index contributed by atoms with van der Waals surface area (Å²) in [5, 5.41) is 6.59. The van der Waals surface area contributed by atoms with Crippen molar-refractivity contribution in [3.63, 3.8) is 0 Å². The highest BCUT2D eigenvalue weighted by Gasteiger charge is 2.13. The molecule has 0 saturated heterocycles. The Morgan fingerprint density at radius 2 is 1.96 bits per heavy atom. The topological polar surface area (TPSA) is 62.7 Å². The van der Waals surface area contributed by atoms with Crippen LogP contribution >= 0.6 is 0 Å². The zero-order chi connectivity index (χ0) is 18.9. The highest BCUT2D eigenvalue weighted by molar-refractivity contribution is 7.85. The van der Waals surface area contributed by atoms with E-state index in [2.05, 4.69) is 35.5 Å². The average molecular weight is 374 g/mol. The van der Waals surface area contributed by atoms with Gasteiger partial charge in [-0.15, -0.1) is 0 Å². The lowest BCUT2D eigenvalue weighted by atomic mass is 10.0. The number of hydrogen-bond acceptors (Lipinski definition) is 3. The van der Waals surface area contributed by atoms with Crippen LogP contribution in [0.15, 0.2) is 58.4 Å². The molecule has 0 aliphatic rings. The maximum Gasteiger partial charge on any atom is 0.191 e. The van der Waals surface area contributed by atoms with E-state index in [4.69, 9.17) is 4.74 Å². The molecule has 2 unspecified atom stereocenters. The van der Waals surface area contributed by atoms with Crippen LogP contribution in [0.5, 0.6) is 5.75 Å². The van der Waals surface area contributed by atoms with Gasteiger partial charge in [-0.25, -0.2) is 0 Å². The highest BCUT2D eigenvalue weighted by Crippen LogP contribution is 2.25. The predicted octanol–water partition coefficient (Wildman–Crippen LogP) is 3.04. The Morgan fingerprint density at radius 3 is 2.62 bits per heavy atom. The number of hydrogen-bond donors (Lipinski definition) is 2. The molecule has 26 heavy (non-hydrogen) atoms. The maximum atomic E-state index is 12.3. The van der Waals surface area contributed by atoms with E-state index in [-0.39, 0.29) is 6.04 Å². The van der Waals surface area contributed by atoms with Gasteiger partial charge in [0, 0.05) is 29.8 Å². The van der Waals surface area contributed by atoms with E-state index in [1.54, 1.807) is 14.2 Å². The molecule has 2 aromatic rings. The fourth-order valence-corrected chi connectivity index (χ4v) is 3.61. The van der Waals surface area contributed by atoms with Gasteiger partial charge in [-0.2, -0.15) is 0 Å². The minimum absolute atomic E-state index is 0.0238. The van der Waals surface area contributed by atoms with Crippen molar-refractivity contribution in [3.05, 3.63) is 59.7 Å². The van der Waals surface area contributed by atoms with Crippen LogP contribution in [0.2, 0.25) is 0 Å². The smallest absolute Gasteiger partial charge is 0.191 e. The molecule has 0 fully saturated rings. The first-order valence-electron chi connectivity index (χ1n) is 8.60. The average Bonchev–Trinajstić information content (AvgIpc) is 2.67. The molecule has 0 aliphatic heterocycles. The Kier molecular flexibility index (Phi) is 7.66. The van der Waals surface area contributed by atoms with Crippen LogP contribution in [0, 0.1) is 6.92 Å². The van der Waals surface area contributed by atoms with Crippen molar-refractivity contribution in [1.29, 1.82) is 0 Å². The number of guanidine groups is 1. The second kappa shape index (κ2) is 9.97. The fourth-order valence-electron chi connectivity index (χ4n) is 2.62. The molecule has 0 spiro atoms. The summed E-state index contributed by atoms with van der Waals surface area (Å²) in [6.07, 6.45) is 0. The molecule has 0 amide bonds. The Balaban J connectivity index is 1.91. The van der Waals surface area contributed by atoms with E-state index >= 15 is 0 Å². The lowest BCUT2D eigenvalue weighted by Gasteiger charge is -2.20. The molecule has 0 saturated carbocycles. The number of ether oxygens (including phenoxy) is 1. The second-order valence-corrected chi connectivity index (χ2v) is 7.54. The molecule has 2 rings (SSSR count).